The van der Waals surface area contributed by atoms with Crippen LogP contribution in [0.3, 0.4) is 0 Å². The van der Waals surface area contributed by atoms with Crippen LogP contribution in [-0.2, 0) is 4.74 Å². The molecule has 0 bridgehead atoms. The molecule has 21 heavy (non-hydrogen) atoms. The van der Waals surface area contributed by atoms with E-state index in [9.17, 15) is 0 Å². The van der Waals surface area contributed by atoms with Crippen molar-refractivity contribution in [3.8, 4) is 0 Å². The summed E-state index contributed by atoms with van der Waals surface area (Å²) in [5.74, 6) is 3.46. The first-order valence-electron chi connectivity index (χ1n) is 8.07. The summed E-state index contributed by atoms with van der Waals surface area (Å²) in [7, 11) is 1.74. The van der Waals surface area contributed by atoms with Gasteiger partial charge >= 0.3 is 0 Å². The molecule has 1 fully saturated rings. The molecule has 1 aromatic heterocycles. The van der Waals surface area contributed by atoms with Crippen molar-refractivity contribution in [3.05, 3.63) is 11.4 Å². The monoisotopic (exact) mass is 292 g/mol. The molecule has 5 nitrogen and oxygen atoms in total. The second kappa shape index (κ2) is 7.59. The molecule has 1 aromatic rings. The Morgan fingerprint density at radius 1 is 1.24 bits per heavy atom. The molecule has 5 heteroatoms. The number of nitrogens with one attached hydrogen (secondary N) is 2. The van der Waals surface area contributed by atoms with Crippen molar-refractivity contribution in [1.29, 1.82) is 0 Å². The average Bonchev–Trinajstić information content (AvgIpc) is 3.32. The fourth-order valence-corrected chi connectivity index (χ4v) is 2.27. The van der Waals surface area contributed by atoms with Gasteiger partial charge in [-0.2, -0.15) is 0 Å². The van der Waals surface area contributed by atoms with E-state index in [0.29, 0.717) is 12.5 Å². The highest BCUT2D eigenvalue weighted by Gasteiger charge is 2.28. The highest BCUT2D eigenvalue weighted by Crippen LogP contribution is 2.39. The van der Waals surface area contributed by atoms with E-state index in [1.54, 1.807) is 7.11 Å². The standard InChI is InChI=1S/C16H28N4O/c1-5-9-17-14-11(3)15(18-13(6-2)10-21-4)20-16(19-14)12-7-8-12/h12-13H,5-10H2,1-4H3,(H2,17,18,19,20). The first-order valence-corrected chi connectivity index (χ1v) is 8.07. The van der Waals surface area contributed by atoms with Crippen molar-refractivity contribution >= 4 is 11.6 Å². The zero-order valence-corrected chi connectivity index (χ0v) is 13.7. The molecule has 0 saturated heterocycles. The van der Waals surface area contributed by atoms with Crippen LogP contribution in [0, 0.1) is 6.92 Å². The van der Waals surface area contributed by atoms with Gasteiger partial charge in [-0.1, -0.05) is 13.8 Å². The van der Waals surface area contributed by atoms with Gasteiger partial charge in [0.2, 0.25) is 0 Å². The first-order chi connectivity index (χ1) is 10.2. The minimum Gasteiger partial charge on any atom is -0.383 e. The Balaban J connectivity index is 2.22. The lowest BCUT2D eigenvalue weighted by Gasteiger charge is -2.20. The van der Waals surface area contributed by atoms with E-state index < -0.39 is 0 Å². The molecule has 0 aliphatic heterocycles. The summed E-state index contributed by atoms with van der Waals surface area (Å²) in [6.07, 6.45) is 4.52. The van der Waals surface area contributed by atoms with Gasteiger partial charge in [-0.3, -0.25) is 0 Å². The molecular formula is C16H28N4O. The molecule has 2 rings (SSSR count). The van der Waals surface area contributed by atoms with Gasteiger partial charge in [0.25, 0.3) is 0 Å². The SMILES string of the molecule is CCCNc1nc(C2CC2)nc(NC(CC)COC)c1C. The summed E-state index contributed by atoms with van der Waals surface area (Å²) < 4.78 is 5.27. The van der Waals surface area contributed by atoms with Crippen LogP contribution in [0.5, 0.6) is 0 Å². The van der Waals surface area contributed by atoms with E-state index in [1.807, 2.05) is 0 Å². The number of rotatable bonds is 9. The van der Waals surface area contributed by atoms with Crippen LogP contribution >= 0.6 is 0 Å². The number of nitrogens with zero attached hydrogens (tertiary/aromatic N) is 2. The van der Waals surface area contributed by atoms with Gasteiger partial charge in [0.05, 0.1) is 12.6 Å². The molecule has 118 valence electrons. The molecular weight excluding hydrogens is 264 g/mol. The molecule has 1 atom stereocenters. The largest absolute Gasteiger partial charge is 0.383 e. The lowest BCUT2D eigenvalue weighted by molar-refractivity contribution is 0.184. The summed E-state index contributed by atoms with van der Waals surface area (Å²) in [4.78, 5) is 9.47. The molecule has 0 amide bonds. The van der Waals surface area contributed by atoms with E-state index in [2.05, 4.69) is 31.4 Å². The van der Waals surface area contributed by atoms with Crippen molar-refractivity contribution < 1.29 is 4.74 Å². The second-order valence-electron chi connectivity index (χ2n) is 5.81. The van der Waals surface area contributed by atoms with E-state index in [4.69, 9.17) is 14.7 Å². The lowest BCUT2D eigenvalue weighted by Crippen LogP contribution is -2.25. The predicted octanol–water partition coefficient (Wildman–Crippen LogP) is 3.32. The highest BCUT2D eigenvalue weighted by atomic mass is 16.5. The van der Waals surface area contributed by atoms with E-state index in [1.165, 1.54) is 12.8 Å². The van der Waals surface area contributed by atoms with Crippen molar-refractivity contribution in [2.24, 2.45) is 0 Å². The number of hydrogen-bond acceptors (Lipinski definition) is 5. The number of ether oxygens (including phenoxy) is 1. The van der Waals surface area contributed by atoms with Gasteiger partial charge in [-0.25, -0.2) is 9.97 Å². The van der Waals surface area contributed by atoms with Gasteiger partial charge in [0.15, 0.2) is 0 Å². The van der Waals surface area contributed by atoms with Crippen LogP contribution < -0.4 is 10.6 Å². The zero-order valence-electron chi connectivity index (χ0n) is 13.7. The summed E-state index contributed by atoms with van der Waals surface area (Å²) in [5.41, 5.74) is 1.10. The molecule has 0 aromatic carbocycles. The fourth-order valence-electron chi connectivity index (χ4n) is 2.27. The molecule has 1 aliphatic rings. The number of hydrogen-bond donors (Lipinski definition) is 2. The smallest absolute Gasteiger partial charge is 0.136 e. The van der Waals surface area contributed by atoms with Gasteiger partial charge in [0.1, 0.15) is 17.5 Å². The maximum absolute atomic E-state index is 5.27. The summed E-state index contributed by atoms with van der Waals surface area (Å²) in [6, 6.07) is 0.287. The third-order valence-electron chi connectivity index (χ3n) is 3.85. The molecule has 2 N–H and O–H groups in total. The molecule has 1 heterocycles. The predicted molar refractivity (Wildman–Crippen MR) is 87.1 cm³/mol. The first kappa shape index (κ1) is 16.0. The summed E-state index contributed by atoms with van der Waals surface area (Å²) in [5, 5.41) is 6.95. The van der Waals surface area contributed by atoms with Crippen LogP contribution in [0.4, 0.5) is 11.6 Å². The molecule has 0 spiro atoms. The second-order valence-corrected chi connectivity index (χ2v) is 5.81. The quantitative estimate of drug-likeness (QED) is 0.731. The third-order valence-corrected chi connectivity index (χ3v) is 3.85. The topological polar surface area (TPSA) is 59.1 Å². The van der Waals surface area contributed by atoms with Crippen molar-refractivity contribution in [2.75, 3.05) is 30.9 Å². The zero-order chi connectivity index (χ0) is 15.2. The minimum atomic E-state index is 0.287. The Kier molecular flexibility index (Phi) is 5.79. The summed E-state index contributed by atoms with van der Waals surface area (Å²) >= 11 is 0. The van der Waals surface area contributed by atoms with Crippen LogP contribution in [0.25, 0.3) is 0 Å². The van der Waals surface area contributed by atoms with Crippen LogP contribution in [0.1, 0.15) is 56.8 Å². The highest BCUT2D eigenvalue weighted by molar-refractivity contribution is 5.58. The van der Waals surface area contributed by atoms with Crippen LogP contribution in [0.15, 0.2) is 0 Å². The molecule has 1 unspecified atom stereocenters. The Labute approximate surface area is 127 Å². The Morgan fingerprint density at radius 2 is 1.95 bits per heavy atom. The van der Waals surface area contributed by atoms with Gasteiger partial charge in [-0.15, -0.1) is 0 Å². The number of methoxy groups -OCH3 is 1. The Bertz CT molecular complexity index is 460. The Hall–Kier alpha value is -1.36. The summed E-state index contributed by atoms with van der Waals surface area (Å²) in [6.45, 7) is 8.03. The van der Waals surface area contributed by atoms with Crippen LogP contribution in [-0.4, -0.2) is 36.3 Å². The Morgan fingerprint density at radius 3 is 2.52 bits per heavy atom. The maximum Gasteiger partial charge on any atom is 0.136 e. The van der Waals surface area contributed by atoms with E-state index in [0.717, 1.165) is 42.4 Å². The fraction of sp³-hybridized carbons (Fsp3) is 0.750. The van der Waals surface area contributed by atoms with Crippen LogP contribution in [0.2, 0.25) is 0 Å². The number of aromatic nitrogens is 2. The lowest BCUT2D eigenvalue weighted by atomic mass is 10.2. The number of anilines is 2. The van der Waals surface area contributed by atoms with E-state index >= 15 is 0 Å². The third kappa shape index (κ3) is 4.30. The molecule has 0 radical (unpaired) electrons. The van der Waals surface area contributed by atoms with Crippen molar-refractivity contribution in [1.82, 2.24) is 9.97 Å². The van der Waals surface area contributed by atoms with Gasteiger partial charge in [-0.05, 0) is 32.6 Å². The average molecular weight is 292 g/mol. The van der Waals surface area contributed by atoms with Crippen molar-refractivity contribution in [2.45, 2.75) is 58.4 Å². The van der Waals surface area contributed by atoms with Gasteiger partial charge < -0.3 is 15.4 Å². The maximum atomic E-state index is 5.27. The molecule has 1 aliphatic carbocycles. The van der Waals surface area contributed by atoms with E-state index in [-0.39, 0.29) is 6.04 Å². The molecule has 1 saturated carbocycles. The van der Waals surface area contributed by atoms with Gasteiger partial charge in [0, 0.05) is 25.1 Å². The van der Waals surface area contributed by atoms with Crippen molar-refractivity contribution in [3.63, 3.8) is 0 Å². The normalized spacial score (nSPS) is 15.8. The minimum absolute atomic E-state index is 0.287.